The minimum absolute atomic E-state index is 0.0567. The van der Waals surface area contributed by atoms with E-state index in [-0.39, 0.29) is 17.7 Å². The van der Waals surface area contributed by atoms with Crippen LogP contribution in [0, 0.1) is 12.7 Å². The number of nitrogens with zero attached hydrogens (tertiary/aromatic N) is 4. The Morgan fingerprint density at radius 3 is 2.85 bits per heavy atom. The molecule has 3 heterocycles. The van der Waals surface area contributed by atoms with Crippen LogP contribution in [-0.2, 0) is 16.1 Å². The summed E-state index contributed by atoms with van der Waals surface area (Å²) in [5, 5.41) is 2.10. The number of pyridine rings is 1. The van der Waals surface area contributed by atoms with Crippen molar-refractivity contribution in [3.63, 3.8) is 0 Å². The van der Waals surface area contributed by atoms with Gasteiger partial charge < -0.3 is 14.4 Å². The highest BCUT2D eigenvalue weighted by Gasteiger charge is 2.33. The van der Waals surface area contributed by atoms with Crippen LogP contribution in [-0.4, -0.2) is 60.7 Å². The van der Waals surface area contributed by atoms with Crippen LogP contribution < -0.4 is 15.2 Å². The zero-order chi connectivity index (χ0) is 23.4. The molecule has 176 valence electrons. The van der Waals surface area contributed by atoms with E-state index in [1.54, 1.807) is 6.20 Å². The van der Waals surface area contributed by atoms with E-state index in [0.717, 1.165) is 11.3 Å². The van der Waals surface area contributed by atoms with Crippen LogP contribution in [0.1, 0.15) is 31.0 Å². The summed E-state index contributed by atoms with van der Waals surface area (Å²) in [6, 6.07) is 9.08. The molecule has 2 aliphatic rings. The minimum atomic E-state index is -0.501. The van der Waals surface area contributed by atoms with Crippen molar-refractivity contribution < 1.29 is 18.7 Å². The number of cyclic esters (lactones) is 1. The molecule has 1 aromatic heterocycles. The first-order chi connectivity index (χ1) is 15.9. The number of Topliss-reactive ketones (excluding diaryl/α,β-unsaturated/α-hetero) is 1. The predicted octanol–water partition coefficient (Wildman–Crippen LogP) is 3.05. The first kappa shape index (κ1) is 23.1. The second-order valence-electron chi connectivity index (χ2n) is 8.59. The molecule has 2 aromatic rings. The van der Waals surface area contributed by atoms with Gasteiger partial charge in [0, 0.05) is 38.8 Å². The molecule has 2 fully saturated rings. The van der Waals surface area contributed by atoms with Crippen molar-refractivity contribution in [1.82, 2.24) is 15.4 Å². The average Bonchev–Trinajstić information content (AvgIpc) is 3.01. The quantitative estimate of drug-likeness (QED) is 0.688. The molecule has 0 spiro atoms. The van der Waals surface area contributed by atoms with E-state index in [9.17, 15) is 9.59 Å². The molecule has 0 bridgehead atoms. The molecule has 2 aliphatic heterocycles. The zero-order valence-corrected chi connectivity index (χ0v) is 19.1. The molecule has 1 amide bonds. The maximum Gasteiger partial charge on any atom is 0.414 e. The van der Waals surface area contributed by atoms with Crippen LogP contribution in [0.3, 0.4) is 0 Å². The second-order valence-corrected chi connectivity index (χ2v) is 8.59. The maximum atomic E-state index is 15.3. The largest absolute Gasteiger partial charge is 0.444 e. The number of carbonyl (C=O) groups is 2. The number of nitrogens with one attached hydrogen (secondary N) is 1. The molecular weight excluding hydrogens is 425 g/mol. The maximum absolute atomic E-state index is 15.3. The Kier molecular flexibility index (Phi) is 7.20. The molecule has 0 aliphatic carbocycles. The number of anilines is 2. The van der Waals surface area contributed by atoms with Gasteiger partial charge in [0.15, 0.2) is 0 Å². The number of benzene rings is 1. The Balaban J connectivity index is 1.43. The van der Waals surface area contributed by atoms with E-state index in [2.05, 4.69) is 15.4 Å². The number of ketones is 1. The van der Waals surface area contributed by atoms with Gasteiger partial charge >= 0.3 is 6.09 Å². The van der Waals surface area contributed by atoms with Crippen LogP contribution in [0.2, 0.25) is 0 Å². The van der Waals surface area contributed by atoms with Gasteiger partial charge in [-0.05, 0) is 50.1 Å². The summed E-state index contributed by atoms with van der Waals surface area (Å²) < 4.78 is 20.7. The third-order valence-corrected chi connectivity index (χ3v) is 6.00. The smallest absolute Gasteiger partial charge is 0.414 e. The number of hydrazine groups is 1. The number of amides is 1. The van der Waals surface area contributed by atoms with Crippen LogP contribution in [0.25, 0.3) is 0 Å². The van der Waals surface area contributed by atoms with E-state index in [0.29, 0.717) is 63.5 Å². The van der Waals surface area contributed by atoms with E-state index < -0.39 is 6.09 Å². The standard InChI is InChI=1S/C24H30FN5O3/c1-17-13-20(30-16-21(33-24(30)32)7-6-18(2)31)14-22(25)23(17)28-10-9-27-29(12-11-28)15-19-5-3-4-8-26-19/h3-5,8,13-14,21,27H,6-7,9-12,15-16H2,1-2H3/t21-/m0/s1. The Labute approximate surface area is 193 Å². The molecule has 1 aromatic carbocycles. The molecule has 9 heteroatoms. The summed E-state index contributed by atoms with van der Waals surface area (Å²) in [4.78, 5) is 31.4. The van der Waals surface area contributed by atoms with Gasteiger partial charge in [-0.1, -0.05) is 6.07 Å². The summed E-state index contributed by atoms with van der Waals surface area (Å²) >= 11 is 0. The molecule has 1 N–H and O–H groups in total. The highest BCUT2D eigenvalue weighted by molar-refractivity contribution is 5.90. The number of halogens is 1. The highest BCUT2D eigenvalue weighted by Crippen LogP contribution is 2.32. The van der Waals surface area contributed by atoms with Crippen molar-refractivity contribution in [3.8, 4) is 0 Å². The lowest BCUT2D eigenvalue weighted by Crippen LogP contribution is -2.38. The van der Waals surface area contributed by atoms with Crippen LogP contribution in [0.5, 0.6) is 0 Å². The minimum Gasteiger partial charge on any atom is -0.444 e. The summed E-state index contributed by atoms with van der Waals surface area (Å²) in [6.07, 6.45) is 1.76. The summed E-state index contributed by atoms with van der Waals surface area (Å²) in [7, 11) is 0. The molecule has 4 rings (SSSR count). The second kappa shape index (κ2) is 10.3. The van der Waals surface area contributed by atoms with Gasteiger partial charge in [-0.15, -0.1) is 0 Å². The third-order valence-electron chi connectivity index (χ3n) is 6.00. The van der Waals surface area contributed by atoms with Gasteiger partial charge in [-0.2, -0.15) is 0 Å². The van der Waals surface area contributed by atoms with Crippen LogP contribution >= 0.6 is 0 Å². The van der Waals surface area contributed by atoms with Crippen molar-refractivity contribution in [2.75, 3.05) is 42.5 Å². The van der Waals surface area contributed by atoms with E-state index >= 15 is 4.39 Å². The van der Waals surface area contributed by atoms with Gasteiger partial charge in [0.25, 0.3) is 0 Å². The summed E-state index contributed by atoms with van der Waals surface area (Å²) in [6.45, 7) is 7.10. The molecule has 0 radical (unpaired) electrons. The Morgan fingerprint density at radius 2 is 2.12 bits per heavy atom. The predicted molar refractivity (Wildman–Crippen MR) is 124 cm³/mol. The number of carbonyl (C=O) groups excluding carboxylic acids is 2. The Hall–Kier alpha value is -3.04. The fraction of sp³-hybridized carbons (Fsp3) is 0.458. The van der Waals surface area contributed by atoms with Gasteiger partial charge in [-0.25, -0.2) is 14.2 Å². The first-order valence-corrected chi connectivity index (χ1v) is 11.3. The number of hydrogen-bond acceptors (Lipinski definition) is 7. The zero-order valence-electron chi connectivity index (χ0n) is 19.1. The Bertz CT molecular complexity index is 980. The summed E-state index contributed by atoms with van der Waals surface area (Å²) in [5.41, 5.74) is 6.17. The van der Waals surface area contributed by atoms with Crippen molar-refractivity contribution in [2.45, 2.75) is 39.3 Å². The van der Waals surface area contributed by atoms with Gasteiger partial charge in [0.05, 0.1) is 30.2 Å². The number of hydrogen-bond donors (Lipinski definition) is 1. The van der Waals surface area contributed by atoms with E-state index in [4.69, 9.17) is 4.74 Å². The topological polar surface area (TPSA) is 78.0 Å². The van der Waals surface area contributed by atoms with Crippen molar-refractivity contribution in [1.29, 1.82) is 0 Å². The molecule has 2 saturated heterocycles. The lowest BCUT2D eigenvalue weighted by Gasteiger charge is -2.26. The van der Waals surface area contributed by atoms with Crippen molar-refractivity contribution in [2.24, 2.45) is 0 Å². The molecule has 33 heavy (non-hydrogen) atoms. The number of aromatic nitrogens is 1. The monoisotopic (exact) mass is 455 g/mol. The van der Waals surface area contributed by atoms with Crippen molar-refractivity contribution >= 4 is 23.3 Å². The van der Waals surface area contributed by atoms with E-state index in [1.807, 2.05) is 36.1 Å². The normalized spacial score (nSPS) is 19.5. The average molecular weight is 456 g/mol. The fourth-order valence-electron chi connectivity index (χ4n) is 4.34. The molecule has 0 unspecified atom stereocenters. The Morgan fingerprint density at radius 1 is 1.27 bits per heavy atom. The highest BCUT2D eigenvalue weighted by atomic mass is 19.1. The lowest BCUT2D eigenvalue weighted by molar-refractivity contribution is -0.117. The fourth-order valence-corrected chi connectivity index (χ4v) is 4.34. The number of ether oxygens (including phenoxy) is 1. The molecular formula is C24H30FN5O3. The first-order valence-electron chi connectivity index (χ1n) is 11.3. The number of rotatable bonds is 7. The molecule has 0 saturated carbocycles. The number of aryl methyl sites for hydroxylation is 1. The van der Waals surface area contributed by atoms with Crippen LogP contribution in [0.4, 0.5) is 20.6 Å². The molecule has 8 nitrogen and oxygen atoms in total. The third kappa shape index (κ3) is 5.66. The van der Waals surface area contributed by atoms with Gasteiger partial charge in [-0.3, -0.25) is 15.3 Å². The van der Waals surface area contributed by atoms with Crippen molar-refractivity contribution in [3.05, 3.63) is 53.6 Å². The summed E-state index contributed by atoms with van der Waals surface area (Å²) in [5.74, 6) is -0.301. The SMILES string of the molecule is CC(=O)CC[C@H]1CN(c2cc(C)c(N3CCNN(Cc4ccccn4)CC3)c(F)c2)C(=O)O1. The molecule has 1 atom stereocenters. The lowest BCUT2D eigenvalue weighted by atomic mass is 10.1. The van der Waals surface area contributed by atoms with Crippen LogP contribution in [0.15, 0.2) is 36.5 Å². The van der Waals surface area contributed by atoms with Gasteiger partial charge in [0.2, 0.25) is 0 Å². The van der Waals surface area contributed by atoms with Gasteiger partial charge in [0.1, 0.15) is 17.7 Å². The van der Waals surface area contributed by atoms with E-state index in [1.165, 1.54) is 17.9 Å².